The number of benzene rings is 1. The van der Waals surface area contributed by atoms with Crippen LogP contribution in [0, 0.1) is 13.8 Å². The van der Waals surface area contributed by atoms with Gasteiger partial charge >= 0.3 is 11.9 Å². The Balaban J connectivity index is 2.37. The molecular weight excluding hydrogens is 220 g/mol. The van der Waals surface area contributed by atoms with Crippen molar-refractivity contribution in [2.24, 2.45) is 0 Å². The molecule has 0 spiro atoms. The summed E-state index contributed by atoms with van der Waals surface area (Å²) in [5, 5.41) is 7.43. The first-order valence-electron chi connectivity index (χ1n) is 5.11. The van der Waals surface area contributed by atoms with Crippen molar-refractivity contribution < 1.29 is 13.9 Å². The SMILES string of the molecule is COC(=O)c1nnc(-c2ccc(C)c(C)c2)o1. The van der Waals surface area contributed by atoms with Crippen molar-refractivity contribution in [3.8, 4) is 11.5 Å². The molecule has 0 amide bonds. The van der Waals surface area contributed by atoms with Crippen molar-refractivity contribution in [3.05, 3.63) is 35.2 Å². The van der Waals surface area contributed by atoms with Crippen LogP contribution in [0.3, 0.4) is 0 Å². The molecule has 0 fully saturated rings. The monoisotopic (exact) mass is 232 g/mol. The number of carbonyl (C=O) groups is 1. The van der Waals surface area contributed by atoms with Crippen LogP contribution in [0.1, 0.15) is 21.8 Å². The van der Waals surface area contributed by atoms with Gasteiger partial charge < -0.3 is 9.15 Å². The molecule has 1 heterocycles. The molecule has 0 N–H and O–H groups in total. The lowest BCUT2D eigenvalue weighted by Gasteiger charge is -2.00. The number of hydrogen-bond donors (Lipinski definition) is 0. The summed E-state index contributed by atoms with van der Waals surface area (Å²) >= 11 is 0. The Morgan fingerprint density at radius 2 is 2.00 bits per heavy atom. The van der Waals surface area contributed by atoms with E-state index in [-0.39, 0.29) is 5.89 Å². The third-order valence-electron chi connectivity index (χ3n) is 2.54. The predicted molar refractivity (Wildman–Crippen MR) is 60.5 cm³/mol. The number of ether oxygens (including phenoxy) is 1. The minimum atomic E-state index is -0.632. The number of aromatic nitrogens is 2. The molecule has 17 heavy (non-hydrogen) atoms. The summed E-state index contributed by atoms with van der Waals surface area (Å²) in [6, 6.07) is 5.77. The van der Waals surface area contributed by atoms with Crippen LogP contribution in [-0.4, -0.2) is 23.3 Å². The summed E-state index contributed by atoms with van der Waals surface area (Å²) in [6.45, 7) is 4.02. The van der Waals surface area contributed by atoms with Crippen LogP contribution in [0.15, 0.2) is 22.6 Å². The largest absolute Gasteiger partial charge is 0.462 e. The molecule has 1 aromatic heterocycles. The maximum Gasteiger partial charge on any atom is 0.396 e. The predicted octanol–water partition coefficient (Wildman–Crippen LogP) is 2.14. The van der Waals surface area contributed by atoms with E-state index in [0.717, 1.165) is 11.1 Å². The van der Waals surface area contributed by atoms with Gasteiger partial charge in [-0.3, -0.25) is 0 Å². The summed E-state index contributed by atoms with van der Waals surface area (Å²) in [5.41, 5.74) is 3.09. The number of methoxy groups -OCH3 is 1. The van der Waals surface area contributed by atoms with E-state index < -0.39 is 5.97 Å². The standard InChI is InChI=1S/C12H12N2O3/c1-7-4-5-9(6-8(7)2)10-13-14-11(17-10)12(15)16-3/h4-6H,1-3H3. The maximum atomic E-state index is 11.2. The van der Waals surface area contributed by atoms with E-state index in [1.165, 1.54) is 12.7 Å². The maximum absolute atomic E-state index is 11.2. The van der Waals surface area contributed by atoms with Crippen LogP contribution < -0.4 is 0 Å². The van der Waals surface area contributed by atoms with Gasteiger partial charge in [0, 0.05) is 5.56 Å². The number of esters is 1. The van der Waals surface area contributed by atoms with Crippen molar-refractivity contribution in [3.63, 3.8) is 0 Å². The zero-order valence-corrected chi connectivity index (χ0v) is 9.85. The molecule has 0 saturated heterocycles. The van der Waals surface area contributed by atoms with Gasteiger partial charge in [-0.1, -0.05) is 6.07 Å². The lowest BCUT2D eigenvalue weighted by atomic mass is 10.1. The second kappa shape index (κ2) is 4.37. The molecule has 0 bridgehead atoms. The molecule has 0 aliphatic heterocycles. The molecule has 0 aliphatic rings. The van der Waals surface area contributed by atoms with E-state index >= 15 is 0 Å². The number of aryl methyl sites for hydroxylation is 2. The highest BCUT2D eigenvalue weighted by atomic mass is 16.5. The summed E-state index contributed by atoms with van der Waals surface area (Å²) in [4.78, 5) is 11.2. The Bertz CT molecular complexity index is 561. The first-order valence-corrected chi connectivity index (χ1v) is 5.11. The smallest absolute Gasteiger partial charge is 0.396 e. The zero-order valence-electron chi connectivity index (χ0n) is 9.85. The first-order chi connectivity index (χ1) is 8.11. The van der Waals surface area contributed by atoms with Crippen LogP contribution in [0.4, 0.5) is 0 Å². The van der Waals surface area contributed by atoms with E-state index in [0.29, 0.717) is 5.89 Å². The van der Waals surface area contributed by atoms with Gasteiger partial charge in [-0.15, -0.1) is 10.2 Å². The molecule has 2 aromatic rings. The van der Waals surface area contributed by atoms with Gasteiger partial charge in [-0.05, 0) is 37.1 Å². The molecule has 0 unspecified atom stereocenters. The van der Waals surface area contributed by atoms with Gasteiger partial charge in [0.1, 0.15) is 0 Å². The van der Waals surface area contributed by atoms with Crippen LogP contribution in [0.25, 0.3) is 11.5 Å². The molecule has 5 nitrogen and oxygen atoms in total. The van der Waals surface area contributed by atoms with E-state index in [1.807, 2.05) is 32.0 Å². The van der Waals surface area contributed by atoms with Crippen LogP contribution >= 0.6 is 0 Å². The van der Waals surface area contributed by atoms with Crippen molar-refractivity contribution in [2.45, 2.75) is 13.8 Å². The van der Waals surface area contributed by atoms with E-state index in [1.54, 1.807) is 0 Å². The quantitative estimate of drug-likeness (QED) is 0.742. The minimum absolute atomic E-state index is 0.138. The molecule has 1 aromatic carbocycles. The van der Waals surface area contributed by atoms with E-state index in [9.17, 15) is 4.79 Å². The molecule has 0 aliphatic carbocycles. The number of nitrogens with zero attached hydrogens (tertiary/aromatic N) is 2. The second-order valence-corrected chi connectivity index (χ2v) is 3.70. The topological polar surface area (TPSA) is 65.2 Å². The van der Waals surface area contributed by atoms with Gasteiger partial charge in [0.2, 0.25) is 5.89 Å². The number of rotatable bonds is 2. The van der Waals surface area contributed by atoms with Gasteiger partial charge in [0.15, 0.2) is 0 Å². The lowest BCUT2D eigenvalue weighted by molar-refractivity contribution is 0.0556. The van der Waals surface area contributed by atoms with Gasteiger partial charge in [-0.25, -0.2) is 4.79 Å². The number of hydrogen-bond acceptors (Lipinski definition) is 5. The van der Waals surface area contributed by atoms with Gasteiger partial charge in [0.25, 0.3) is 0 Å². The Kier molecular flexibility index (Phi) is 2.91. The normalized spacial score (nSPS) is 10.3. The van der Waals surface area contributed by atoms with E-state index in [4.69, 9.17) is 4.42 Å². The third kappa shape index (κ3) is 2.18. The minimum Gasteiger partial charge on any atom is -0.462 e. The van der Waals surface area contributed by atoms with Crippen molar-refractivity contribution >= 4 is 5.97 Å². The number of carbonyl (C=O) groups excluding carboxylic acids is 1. The summed E-state index contributed by atoms with van der Waals surface area (Å²) in [6.07, 6.45) is 0. The second-order valence-electron chi connectivity index (χ2n) is 3.70. The summed E-state index contributed by atoms with van der Waals surface area (Å²) in [5.74, 6) is -0.457. The van der Waals surface area contributed by atoms with Gasteiger partial charge in [-0.2, -0.15) is 0 Å². The highest BCUT2D eigenvalue weighted by Gasteiger charge is 2.16. The average molecular weight is 232 g/mol. The Hall–Kier alpha value is -2.17. The molecular formula is C12H12N2O3. The van der Waals surface area contributed by atoms with Crippen molar-refractivity contribution in [1.29, 1.82) is 0 Å². The fourth-order valence-electron chi connectivity index (χ4n) is 1.38. The van der Waals surface area contributed by atoms with Crippen molar-refractivity contribution in [1.82, 2.24) is 10.2 Å². The van der Waals surface area contributed by atoms with Crippen LogP contribution in [0.5, 0.6) is 0 Å². The molecule has 2 rings (SSSR count). The van der Waals surface area contributed by atoms with E-state index in [2.05, 4.69) is 14.9 Å². The molecule has 0 atom stereocenters. The Morgan fingerprint density at radius 3 is 2.65 bits per heavy atom. The highest BCUT2D eigenvalue weighted by Crippen LogP contribution is 2.20. The average Bonchev–Trinajstić information content (AvgIpc) is 2.81. The fraction of sp³-hybridized carbons (Fsp3) is 0.250. The Labute approximate surface area is 98.4 Å². The lowest BCUT2D eigenvalue weighted by Crippen LogP contribution is -2.00. The Morgan fingerprint density at radius 1 is 1.24 bits per heavy atom. The van der Waals surface area contributed by atoms with Crippen LogP contribution in [-0.2, 0) is 4.74 Å². The first kappa shape index (κ1) is 11.3. The zero-order chi connectivity index (χ0) is 12.4. The highest BCUT2D eigenvalue weighted by molar-refractivity contribution is 5.84. The third-order valence-corrected chi connectivity index (χ3v) is 2.54. The molecule has 0 radical (unpaired) electrons. The van der Waals surface area contributed by atoms with Gasteiger partial charge in [0.05, 0.1) is 7.11 Å². The van der Waals surface area contributed by atoms with Crippen molar-refractivity contribution in [2.75, 3.05) is 7.11 Å². The summed E-state index contributed by atoms with van der Waals surface area (Å²) < 4.78 is 9.71. The fourth-order valence-corrected chi connectivity index (χ4v) is 1.38. The molecule has 5 heteroatoms. The van der Waals surface area contributed by atoms with Crippen LogP contribution in [0.2, 0.25) is 0 Å². The molecule has 88 valence electrons. The molecule has 0 saturated carbocycles. The summed E-state index contributed by atoms with van der Waals surface area (Å²) in [7, 11) is 1.27.